The van der Waals surface area contributed by atoms with Crippen molar-refractivity contribution in [2.75, 3.05) is 7.05 Å². The van der Waals surface area contributed by atoms with Gasteiger partial charge in [-0.1, -0.05) is 12.1 Å². The number of carbonyl (C=O) groups excluding carboxylic acids is 2. The van der Waals surface area contributed by atoms with Crippen LogP contribution in [0.2, 0.25) is 0 Å². The molecule has 0 spiro atoms. The zero-order valence-electron chi connectivity index (χ0n) is 14.1. The van der Waals surface area contributed by atoms with E-state index in [1.807, 2.05) is 36.4 Å². The van der Waals surface area contributed by atoms with Crippen LogP contribution in [0, 0.1) is 0 Å². The second kappa shape index (κ2) is 6.72. The van der Waals surface area contributed by atoms with Gasteiger partial charge in [-0.3, -0.25) is 9.59 Å². The van der Waals surface area contributed by atoms with Crippen LogP contribution in [0.4, 0.5) is 0 Å². The van der Waals surface area contributed by atoms with E-state index in [-0.39, 0.29) is 18.4 Å². The van der Waals surface area contributed by atoms with Gasteiger partial charge in [0.25, 0.3) is 5.91 Å². The first-order valence-electron chi connectivity index (χ1n) is 8.17. The zero-order chi connectivity index (χ0) is 18.1. The van der Waals surface area contributed by atoms with Crippen molar-refractivity contribution < 1.29 is 14.0 Å². The van der Waals surface area contributed by atoms with Gasteiger partial charge in [0, 0.05) is 19.9 Å². The number of fused-ring (bicyclic) bond motifs is 1. The highest BCUT2D eigenvalue weighted by Crippen LogP contribution is 2.31. The molecule has 4 rings (SSSR count). The minimum absolute atomic E-state index is 0.0898. The number of rotatable bonds is 4. The average Bonchev–Trinajstić information content (AvgIpc) is 3.28. The van der Waals surface area contributed by atoms with E-state index < -0.39 is 0 Å². The highest BCUT2D eigenvalue weighted by molar-refractivity contribution is 7.21. The fourth-order valence-corrected chi connectivity index (χ4v) is 3.60. The molecular weight excluding hydrogens is 352 g/mol. The lowest BCUT2D eigenvalue weighted by molar-refractivity contribution is -0.130. The Bertz CT molecular complexity index is 987. The Labute approximate surface area is 153 Å². The first-order valence-corrected chi connectivity index (χ1v) is 8.99. The lowest BCUT2D eigenvalue weighted by Gasteiger charge is -2.18. The summed E-state index contributed by atoms with van der Waals surface area (Å²) in [6.45, 7) is 0.250. The van der Waals surface area contributed by atoms with Crippen molar-refractivity contribution >= 4 is 39.1 Å². The Hall–Kier alpha value is -3.00. The van der Waals surface area contributed by atoms with E-state index in [1.54, 1.807) is 18.4 Å². The molecule has 1 aliphatic heterocycles. The van der Waals surface area contributed by atoms with Crippen LogP contribution in [0.3, 0.4) is 0 Å². The SMILES string of the molecule is CN1N=C(C(=O)NCc2ccc(-c3nc4ccccc4s3)o2)CCC1=O. The van der Waals surface area contributed by atoms with E-state index in [4.69, 9.17) is 4.42 Å². The van der Waals surface area contributed by atoms with Gasteiger partial charge in [0.2, 0.25) is 5.91 Å². The molecule has 8 heteroatoms. The average molecular weight is 368 g/mol. The van der Waals surface area contributed by atoms with E-state index >= 15 is 0 Å². The lowest BCUT2D eigenvalue weighted by atomic mass is 10.1. The van der Waals surface area contributed by atoms with Crippen LogP contribution in [-0.4, -0.2) is 34.6 Å². The predicted molar refractivity (Wildman–Crippen MR) is 98.6 cm³/mol. The topological polar surface area (TPSA) is 87.8 Å². The van der Waals surface area contributed by atoms with Gasteiger partial charge in [0.15, 0.2) is 10.8 Å². The molecular formula is C18H16N4O3S. The van der Waals surface area contributed by atoms with Gasteiger partial charge in [-0.2, -0.15) is 5.10 Å². The molecule has 0 fully saturated rings. The van der Waals surface area contributed by atoms with Crippen molar-refractivity contribution in [3.05, 3.63) is 42.2 Å². The number of hydrogen-bond acceptors (Lipinski definition) is 6. The summed E-state index contributed by atoms with van der Waals surface area (Å²) >= 11 is 1.56. The predicted octanol–water partition coefficient (Wildman–Crippen LogP) is 2.78. The van der Waals surface area contributed by atoms with Crippen LogP contribution < -0.4 is 5.32 Å². The van der Waals surface area contributed by atoms with Crippen LogP contribution in [0.1, 0.15) is 18.6 Å². The number of nitrogens with one attached hydrogen (secondary N) is 1. The van der Waals surface area contributed by atoms with Gasteiger partial charge in [-0.15, -0.1) is 11.3 Å². The summed E-state index contributed by atoms with van der Waals surface area (Å²) in [6.07, 6.45) is 0.648. The van der Waals surface area contributed by atoms with E-state index in [9.17, 15) is 9.59 Å². The van der Waals surface area contributed by atoms with Gasteiger partial charge in [-0.25, -0.2) is 9.99 Å². The molecule has 0 saturated heterocycles. The molecule has 0 radical (unpaired) electrons. The molecule has 0 bridgehead atoms. The van der Waals surface area contributed by atoms with E-state index in [0.717, 1.165) is 15.2 Å². The summed E-state index contributed by atoms with van der Waals surface area (Å²) in [6, 6.07) is 11.6. The Morgan fingerprint density at radius 2 is 2.12 bits per heavy atom. The maximum atomic E-state index is 12.2. The highest BCUT2D eigenvalue weighted by Gasteiger charge is 2.22. The number of amides is 2. The van der Waals surface area contributed by atoms with Gasteiger partial charge in [-0.05, 0) is 24.3 Å². The van der Waals surface area contributed by atoms with Gasteiger partial charge < -0.3 is 9.73 Å². The first-order chi connectivity index (χ1) is 12.6. The summed E-state index contributed by atoms with van der Waals surface area (Å²) in [4.78, 5) is 28.2. The first kappa shape index (κ1) is 16.5. The van der Waals surface area contributed by atoms with Crippen molar-refractivity contribution in [3.63, 3.8) is 0 Å². The molecule has 1 aliphatic rings. The van der Waals surface area contributed by atoms with Gasteiger partial charge in [0.1, 0.15) is 11.5 Å². The molecule has 1 N–H and O–H groups in total. The molecule has 26 heavy (non-hydrogen) atoms. The molecule has 1 aromatic carbocycles. The van der Waals surface area contributed by atoms with E-state index in [2.05, 4.69) is 15.4 Å². The summed E-state index contributed by atoms with van der Waals surface area (Å²) in [5.74, 6) is 0.930. The number of benzene rings is 1. The standard InChI is InChI=1S/C18H16N4O3S/c1-22-16(23)9-7-13(21-22)17(24)19-10-11-6-8-14(25-11)18-20-12-4-2-3-5-15(12)26-18/h2-6,8H,7,9-10H2,1H3,(H,19,24). The molecule has 0 aliphatic carbocycles. The Morgan fingerprint density at radius 3 is 2.92 bits per heavy atom. The van der Waals surface area contributed by atoms with Gasteiger partial charge in [0.05, 0.1) is 16.8 Å². The van der Waals surface area contributed by atoms with Gasteiger partial charge >= 0.3 is 0 Å². The zero-order valence-corrected chi connectivity index (χ0v) is 14.9. The van der Waals surface area contributed by atoms with Crippen LogP contribution in [0.25, 0.3) is 21.0 Å². The Balaban J connectivity index is 1.43. The molecule has 132 valence electrons. The molecule has 0 unspecified atom stereocenters. The number of thiazole rings is 1. The second-order valence-corrected chi connectivity index (χ2v) is 6.93. The van der Waals surface area contributed by atoms with Crippen molar-refractivity contribution in [2.45, 2.75) is 19.4 Å². The van der Waals surface area contributed by atoms with E-state index in [0.29, 0.717) is 30.1 Å². The maximum absolute atomic E-state index is 12.2. The fourth-order valence-electron chi connectivity index (χ4n) is 2.67. The quantitative estimate of drug-likeness (QED) is 0.767. The Kier molecular flexibility index (Phi) is 4.26. The molecule has 7 nitrogen and oxygen atoms in total. The molecule has 2 amide bonds. The van der Waals surface area contributed by atoms with Crippen LogP contribution in [0.5, 0.6) is 0 Å². The number of carbonyl (C=O) groups is 2. The summed E-state index contributed by atoms with van der Waals surface area (Å²) in [7, 11) is 1.55. The van der Waals surface area contributed by atoms with Crippen molar-refractivity contribution in [1.29, 1.82) is 0 Å². The number of hydrogen-bond donors (Lipinski definition) is 1. The second-order valence-electron chi connectivity index (χ2n) is 5.90. The molecule has 3 aromatic rings. The van der Waals surface area contributed by atoms with Crippen LogP contribution in [0.15, 0.2) is 45.9 Å². The normalized spacial score (nSPS) is 14.6. The summed E-state index contributed by atoms with van der Waals surface area (Å²) < 4.78 is 6.90. The molecule has 2 aromatic heterocycles. The smallest absolute Gasteiger partial charge is 0.267 e. The minimum atomic E-state index is -0.290. The molecule has 0 atom stereocenters. The van der Waals surface area contributed by atoms with Crippen molar-refractivity contribution in [1.82, 2.24) is 15.3 Å². The Morgan fingerprint density at radius 1 is 1.27 bits per heavy atom. The lowest BCUT2D eigenvalue weighted by Crippen LogP contribution is -2.37. The third-order valence-electron chi connectivity index (χ3n) is 4.06. The summed E-state index contributed by atoms with van der Waals surface area (Å²) in [5.41, 5.74) is 1.29. The monoisotopic (exact) mass is 368 g/mol. The molecule has 3 heterocycles. The largest absolute Gasteiger partial charge is 0.457 e. The van der Waals surface area contributed by atoms with E-state index in [1.165, 1.54) is 5.01 Å². The van der Waals surface area contributed by atoms with Crippen LogP contribution >= 0.6 is 11.3 Å². The summed E-state index contributed by atoms with van der Waals surface area (Å²) in [5, 5.41) is 8.79. The third-order valence-corrected chi connectivity index (χ3v) is 5.11. The van der Waals surface area contributed by atoms with Crippen molar-refractivity contribution in [2.24, 2.45) is 5.10 Å². The maximum Gasteiger partial charge on any atom is 0.267 e. The third kappa shape index (κ3) is 3.23. The highest BCUT2D eigenvalue weighted by atomic mass is 32.1. The van der Waals surface area contributed by atoms with Crippen molar-refractivity contribution in [3.8, 4) is 10.8 Å². The number of furan rings is 1. The van der Waals surface area contributed by atoms with Crippen LogP contribution in [-0.2, 0) is 16.1 Å². The number of aromatic nitrogens is 1. The number of nitrogens with zero attached hydrogens (tertiary/aromatic N) is 3. The molecule has 0 saturated carbocycles. The fraction of sp³-hybridized carbons (Fsp3) is 0.222. The minimum Gasteiger partial charge on any atom is -0.457 e. The number of para-hydroxylation sites is 1. The number of hydrazone groups is 1.